The molecule has 0 bridgehead atoms. The van der Waals surface area contributed by atoms with Crippen LogP contribution in [0.2, 0.25) is 5.02 Å². The summed E-state index contributed by atoms with van der Waals surface area (Å²) in [4.78, 5) is 11.7. The number of methoxy groups -OCH3 is 1. The first-order valence-electron chi connectivity index (χ1n) is 5.29. The lowest BCUT2D eigenvalue weighted by Gasteiger charge is -2.40. The molecule has 0 saturated heterocycles. The number of para-hydroxylation sites is 1. The van der Waals surface area contributed by atoms with E-state index in [0.717, 1.165) is 24.9 Å². The standard InChI is InChI=1S/C12H14ClNO2/c1-16-11(15)12(7-4-8-12)14-10-6-3-2-5-9(10)13/h2-3,5-6,14H,4,7-8H2,1H3. The monoisotopic (exact) mass is 239 g/mol. The van der Waals surface area contributed by atoms with Crippen LogP contribution in [0.4, 0.5) is 5.69 Å². The Morgan fingerprint density at radius 3 is 2.62 bits per heavy atom. The fraction of sp³-hybridized carbons (Fsp3) is 0.417. The van der Waals surface area contributed by atoms with Gasteiger partial charge in [0.05, 0.1) is 17.8 Å². The van der Waals surface area contributed by atoms with Crippen LogP contribution in [0.5, 0.6) is 0 Å². The minimum atomic E-state index is -0.570. The minimum Gasteiger partial charge on any atom is -0.467 e. The van der Waals surface area contributed by atoms with Crippen molar-refractivity contribution < 1.29 is 9.53 Å². The Bertz CT molecular complexity index is 402. The van der Waals surface area contributed by atoms with Crippen molar-refractivity contribution in [1.29, 1.82) is 0 Å². The Kier molecular flexibility index (Phi) is 3.06. The van der Waals surface area contributed by atoms with Gasteiger partial charge in [-0.1, -0.05) is 23.7 Å². The van der Waals surface area contributed by atoms with E-state index in [0.29, 0.717) is 5.02 Å². The lowest BCUT2D eigenvalue weighted by molar-refractivity contribution is -0.149. The normalized spacial score (nSPS) is 17.4. The van der Waals surface area contributed by atoms with Crippen LogP contribution < -0.4 is 5.32 Å². The summed E-state index contributed by atoms with van der Waals surface area (Å²) in [5, 5.41) is 3.83. The summed E-state index contributed by atoms with van der Waals surface area (Å²) in [6, 6.07) is 7.41. The van der Waals surface area contributed by atoms with Gasteiger partial charge in [0.2, 0.25) is 0 Å². The minimum absolute atomic E-state index is 0.210. The molecule has 1 N–H and O–H groups in total. The molecule has 4 heteroatoms. The fourth-order valence-corrected chi connectivity index (χ4v) is 2.11. The first-order chi connectivity index (χ1) is 7.68. The van der Waals surface area contributed by atoms with Gasteiger partial charge in [0.1, 0.15) is 5.54 Å². The number of carbonyl (C=O) groups excluding carboxylic acids is 1. The molecule has 0 radical (unpaired) electrons. The number of halogens is 1. The van der Waals surface area contributed by atoms with E-state index in [2.05, 4.69) is 5.32 Å². The Hall–Kier alpha value is -1.22. The van der Waals surface area contributed by atoms with Crippen LogP contribution in [0.25, 0.3) is 0 Å². The zero-order valence-corrected chi connectivity index (χ0v) is 9.88. The zero-order valence-electron chi connectivity index (χ0n) is 9.13. The molecule has 1 aliphatic rings. The van der Waals surface area contributed by atoms with Crippen molar-refractivity contribution in [1.82, 2.24) is 0 Å². The van der Waals surface area contributed by atoms with Gasteiger partial charge in [0.15, 0.2) is 0 Å². The van der Waals surface area contributed by atoms with Gasteiger partial charge in [-0.15, -0.1) is 0 Å². The lowest BCUT2D eigenvalue weighted by atomic mass is 9.76. The summed E-state index contributed by atoms with van der Waals surface area (Å²) in [7, 11) is 1.41. The van der Waals surface area contributed by atoms with Gasteiger partial charge in [-0.2, -0.15) is 0 Å². The van der Waals surface area contributed by atoms with Crippen molar-refractivity contribution in [3.63, 3.8) is 0 Å². The molecule has 0 heterocycles. The van der Waals surface area contributed by atoms with Crippen molar-refractivity contribution >= 4 is 23.3 Å². The van der Waals surface area contributed by atoms with Crippen LogP contribution in [0.15, 0.2) is 24.3 Å². The number of hydrogen-bond acceptors (Lipinski definition) is 3. The van der Waals surface area contributed by atoms with E-state index in [1.165, 1.54) is 7.11 Å². The van der Waals surface area contributed by atoms with E-state index in [4.69, 9.17) is 16.3 Å². The van der Waals surface area contributed by atoms with E-state index < -0.39 is 5.54 Å². The highest BCUT2D eigenvalue weighted by atomic mass is 35.5. The second kappa shape index (κ2) is 4.34. The molecule has 1 fully saturated rings. The van der Waals surface area contributed by atoms with Gasteiger partial charge in [0.25, 0.3) is 0 Å². The number of hydrogen-bond donors (Lipinski definition) is 1. The number of anilines is 1. The second-order valence-electron chi connectivity index (χ2n) is 4.03. The highest BCUT2D eigenvalue weighted by Gasteiger charge is 2.45. The summed E-state index contributed by atoms with van der Waals surface area (Å²) in [6.45, 7) is 0. The Morgan fingerprint density at radius 1 is 1.44 bits per heavy atom. The van der Waals surface area contributed by atoms with Crippen LogP contribution >= 0.6 is 11.6 Å². The molecule has 0 aromatic heterocycles. The van der Waals surface area contributed by atoms with E-state index in [1.807, 2.05) is 18.2 Å². The van der Waals surface area contributed by atoms with Crippen molar-refractivity contribution in [3.8, 4) is 0 Å². The SMILES string of the molecule is COC(=O)C1(Nc2ccccc2Cl)CCC1. The quantitative estimate of drug-likeness (QED) is 0.825. The van der Waals surface area contributed by atoms with Crippen LogP contribution in [0, 0.1) is 0 Å². The van der Waals surface area contributed by atoms with Gasteiger partial charge in [0, 0.05) is 0 Å². The van der Waals surface area contributed by atoms with Gasteiger partial charge in [-0.3, -0.25) is 0 Å². The molecule has 0 aliphatic heterocycles. The topological polar surface area (TPSA) is 38.3 Å². The molecule has 16 heavy (non-hydrogen) atoms. The summed E-state index contributed by atoms with van der Waals surface area (Å²) in [5.74, 6) is -0.210. The molecule has 1 aliphatic carbocycles. The van der Waals surface area contributed by atoms with Crippen molar-refractivity contribution in [3.05, 3.63) is 29.3 Å². The fourth-order valence-electron chi connectivity index (χ4n) is 1.93. The Labute approximate surface area is 99.7 Å². The molecule has 0 spiro atoms. The van der Waals surface area contributed by atoms with E-state index in [1.54, 1.807) is 6.07 Å². The van der Waals surface area contributed by atoms with Crippen LogP contribution in [-0.4, -0.2) is 18.6 Å². The first kappa shape index (κ1) is 11.3. The highest BCUT2D eigenvalue weighted by molar-refractivity contribution is 6.33. The number of benzene rings is 1. The van der Waals surface area contributed by atoms with E-state index in [9.17, 15) is 4.79 Å². The number of carbonyl (C=O) groups is 1. The third-order valence-corrected chi connectivity index (χ3v) is 3.36. The smallest absolute Gasteiger partial charge is 0.331 e. The molecule has 0 unspecified atom stereocenters. The molecule has 1 saturated carbocycles. The molecule has 86 valence electrons. The predicted molar refractivity (Wildman–Crippen MR) is 63.7 cm³/mol. The second-order valence-corrected chi connectivity index (χ2v) is 4.44. The summed E-state index contributed by atoms with van der Waals surface area (Å²) in [5.41, 5.74) is 0.217. The Balaban J connectivity index is 2.19. The average molecular weight is 240 g/mol. The Morgan fingerprint density at radius 2 is 2.12 bits per heavy atom. The molecule has 0 amide bonds. The molecule has 0 atom stereocenters. The predicted octanol–water partition coefficient (Wildman–Crippen LogP) is 2.85. The third-order valence-electron chi connectivity index (χ3n) is 3.03. The maximum Gasteiger partial charge on any atom is 0.331 e. The van der Waals surface area contributed by atoms with Gasteiger partial charge >= 0.3 is 5.97 Å². The largest absolute Gasteiger partial charge is 0.467 e. The molecule has 1 aromatic rings. The summed E-state index contributed by atoms with van der Waals surface area (Å²) < 4.78 is 4.83. The molecule has 1 aromatic carbocycles. The van der Waals surface area contributed by atoms with Crippen LogP contribution in [-0.2, 0) is 9.53 Å². The van der Waals surface area contributed by atoms with Gasteiger partial charge in [-0.05, 0) is 31.4 Å². The zero-order chi connectivity index (χ0) is 11.6. The van der Waals surface area contributed by atoms with Crippen molar-refractivity contribution in [2.45, 2.75) is 24.8 Å². The maximum atomic E-state index is 11.7. The van der Waals surface area contributed by atoms with Crippen LogP contribution in [0.1, 0.15) is 19.3 Å². The summed E-state index contributed by atoms with van der Waals surface area (Å²) in [6.07, 6.45) is 2.63. The maximum absolute atomic E-state index is 11.7. The van der Waals surface area contributed by atoms with Gasteiger partial charge < -0.3 is 10.1 Å². The molecular weight excluding hydrogens is 226 g/mol. The van der Waals surface area contributed by atoms with Gasteiger partial charge in [-0.25, -0.2) is 4.79 Å². The highest BCUT2D eigenvalue weighted by Crippen LogP contribution is 2.38. The molecule has 2 rings (SSSR count). The number of rotatable bonds is 3. The number of nitrogens with one attached hydrogen (secondary N) is 1. The molecular formula is C12H14ClNO2. The van der Waals surface area contributed by atoms with E-state index in [-0.39, 0.29) is 5.97 Å². The van der Waals surface area contributed by atoms with Crippen molar-refractivity contribution in [2.75, 3.05) is 12.4 Å². The third kappa shape index (κ3) is 1.87. The number of esters is 1. The average Bonchev–Trinajstić information content (AvgIpc) is 2.25. The summed E-state index contributed by atoms with van der Waals surface area (Å²) >= 11 is 6.04. The van der Waals surface area contributed by atoms with Crippen LogP contribution in [0.3, 0.4) is 0 Å². The number of ether oxygens (including phenoxy) is 1. The van der Waals surface area contributed by atoms with E-state index >= 15 is 0 Å². The lowest BCUT2D eigenvalue weighted by Crippen LogP contribution is -2.52. The van der Waals surface area contributed by atoms with Crippen molar-refractivity contribution in [2.24, 2.45) is 0 Å². The first-order valence-corrected chi connectivity index (χ1v) is 5.67. The molecule has 3 nitrogen and oxygen atoms in total.